The van der Waals surface area contributed by atoms with Crippen molar-refractivity contribution in [1.82, 2.24) is 9.80 Å². The lowest BCUT2D eigenvalue weighted by Crippen LogP contribution is -2.46. The SMILES string of the molecule is CC1CCN(C[C@H]2CCCN(C(=O)[C@@H]3CCCc4ccccc43)C2)CC1. The standard InChI is InChI=1S/C23H34N2O/c1-18-11-14-24(15-12-18)16-19-6-5-13-25(17-19)23(26)22-10-4-8-20-7-2-3-9-21(20)22/h2-3,7,9,18-19,22H,4-6,8,10-17H2,1H3/t19-,22-/m1/s1. The number of fused-ring (bicyclic) bond motifs is 1. The normalized spacial score (nSPS) is 28.0. The van der Waals surface area contributed by atoms with E-state index in [1.807, 2.05) is 0 Å². The molecule has 3 nitrogen and oxygen atoms in total. The molecular formula is C23H34N2O. The summed E-state index contributed by atoms with van der Waals surface area (Å²) in [5.41, 5.74) is 2.70. The smallest absolute Gasteiger partial charge is 0.230 e. The highest BCUT2D eigenvalue weighted by Gasteiger charge is 2.33. The molecule has 1 aromatic rings. The maximum Gasteiger partial charge on any atom is 0.230 e. The largest absolute Gasteiger partial charge is 0.342 e. The van der Waals surface area contributed by atoms with Crippen molar-refractivity contribution >= 4 is 5.91 Å². The molecule has 0 N–H and O–H groups in total. The highest BCUT2D eigenvalue weighted by molar-refractivity contribution is 5.84. The van der Waals surface area contributed by atoms with E-state index in [2.05, 4.69) is 41.0 Å². The Morgan fingerprint density at radius 2 is 1.85 bits per heavy atom. The minimum absolute atomic E-state index is 0.106. The monoisotopic (exact) mass is 354 g/mol. The average molecular weight is 355 g/mol. The van der Waals surface area contributed by atoms with Crippen LogP contribution in [0.5, 0.6) is 0 Å². The lowest BCUT2D eigenvalue weighted by atomic mass is 9.81. The Morgan fingerprint density at radius 1 is 1.04 bits per heavy atom. The molecular weight excluding hydrogens is 320 g/mol. The highest BCUT2D eigenvalue weighted by Crippen LogP contribution is 2.34. The Bertz CT molecular complexity index is 620. The zero-order valence-corrected chi connectivity index (χ0v) is 16.3. The molecule has 1 aromatic carbocycles. The Labute approximate surface area is 158 Å². The molecule has 2 aliphatic heterocycles. The lowest BCUT2D eigenvalue weighted by molar-refractivity contribution is -0.135. The molecule has 1 amide bonds. The molecule has 0 spiro atoms. The quantitative estimate of drug-likeness (QED) is 0.817. The fraction of sp³-hybridized carbons (Fsp3) is 0.696. The second-order valence-corrected chi connectivity index (χ2v) is 8.92. The van der Waals surface area contributed by atoms with Crippen LogP contribution in [0.15, 0.2) is 24.3 Å². The molecule has 26 heavy (non-hydrogen) atoms. The molecule has 3 aliphatic rings. The number of amides is 1. The third-order valence-corrected chi connectivity index (χ3v) is 6.89. The van der Waals surface area contributed by atoms with Crippen LogP contribution in [0.1, 0.15) is 62.5 Å². The van der Waals surface area contributed by atoms with Gasteiger partial charge in [-0.1, -0.05) is 31.2 Å². The van der Waals surface area contributed by atoms with Crippen LogP contribution in [0.2, 0.25) is 0 Å². The Kier molecular flexibility index (Phi) is 5.63. The van der Waals surface area contributed by atoms with Gasteiger partial charge >= 0.3 is 0 Å². The third-order valence-electron chi connectivity index (χ3n) is 6.89. The fourth-order valence-electron chi connectivity index (χ4n) is 5.25. The topological polar surface area (TPSA) is 23.6 Å². The molecule has 2 fully saturated rings. The fourth-order valence-corrected chi connectivity index (χ4v) is 5.25. The van der Waals surface area contributed by atoms with Crippen molar-refractivity contribution in [2.45, 2.75) is 57.8 Å². The third kappa shape index (κ3) is 3.98. The van der Waals surface area contributed by atoms with Crippen molar-refractivity contribution < 1.29 is 4.79 Å². The first kappa shape index (κ1) is 18.0. The summed E-state index contributed by atoms with van der Waals surface area (Å²) in [7, 11) is 0. The van der Waals surface area contributed by atoms with Gasteiger partial charge in [0.2, 0.25) is 5.91 Å². The number of carbonyl (C=O) groups is 1. The summed E-state index contributed by atoms with van der Waals surface area (Å²) in [6, 6.07) is 8.61. The predicted octanol–water partition coefficient (Wildman–Crippen LogP) is 4.08. The highest BCUT2D eigenvalue weighted by atomic mass is 16.2. The number of aryl methyl sites for hydroxylation is 1. The van der Waals surface area contributed by atoms with E-state index in [4.69, 9.17) is 0 Å². The summed E-state index contributed by atoms with van der Waals surface area (Å²) < 4.78 is 0. The Balaban J connectivity index is 1.38. The van der Waals surface area contributed by atoms with Crippen molar-refractivity contribution in [3.63, 3.8) is 0 Å². The van der Waals surface area contributed by atoms with Gasteiger partial charge in [-0.3, -0.25) is 4.79 Å². The van der Waals surface area contributed by atoms with Crippen LogP contribution in [0.4, 0.5) is 0 Å². The van der Waals surface area contributed by atoms with Gasteiger partial charge in [0.05, 0.1) is 5.92 Å². The molecule has 1 aliphatic carbocycles. The van der Waals surface area contributed by atoms with Crippen molar-refractivity contribution in [1.29, 1.82) is 0 Å². The maximum absolute atomic E-state index is 13.3. The van der Waals surface area contributed by atoms with E-state index in [1.165, 1.54) is 56.4 Å². The number of carbonyl (C=O) groups excluding carboxylic acids is 1. The lowest BCUT2D eigenvalue weighted by Gasteiger charge is -2.39. The number of piperidine rings is 2. The zero-order valence-electron chi connectivity index (χ0n) is 16.3. The molecule has 0 aromatic heterocycles. The van der Waals surface area contributed by atoms with E-state index < -0.39 is 0 Å². The van der Waals surface area contributed by atoms with Crippen LogP contribution in [-0.4, -0.2) is 48.4 Å². The summed E-state index contributed by atoms with van der Waals surface area (Å²) in [5, 5.41) is 0. The molecule has 142 valence electrons. The minimum Gasteiger partial charge on any atom is -0.342 e. The molecule has 0 bridgehead atoms. The van der Waals surface area contributed by atoms with E-state index in [0.29, 0.717) is 11.8 Å². The first-order chi connectivity index (χ1) is 12.7. The van der Waals surface area contributed by atoms with Crippen molar-refractivity contribution in [3.8, 4) is 0 Å². The number of benzene rings is 1. The number of rotatable bonds is 3. The second kappa shape index (κ2) is 8.12. The number of hydrogen-bond donors (Lipinski definition) is 0. The Hall–Kier alpha value is -1.35. The molecule has 3 heteroatoms. The molecule has 2 atom stereocenters. The van der Waals surface area contributed by atoms with Gasteiger partial charge in [0.15, 0.2) is 0 Å². The van der Waals surface area contributed by atoms with E-state index in [9.17, 15) is 4.79 Å². The van der Waals surface area contributed by atoms with Crippen molar-refractivity contribution in [2.24, 2.45) is 11.8 Å². The van der Waals surface area contributed by atoms with Gasteiger partial charge in [-0.25, -0.2) is 0 Å². The molecule has 0 radical (unpaired) electrons. The minimum atomic E-state index is 0.106. The van der Waals surface area contributed by atoms with Crippen LogP contribution in [0.3, 0.4) is 0 Å². The summed E-state index contributed by atoms with van der Waals surface area (Å²) in [4.78, 5) is 18.2. The van der Waals surface area contributed by atoms with E-state index in [1.54, 1.807) is 0 Å². The summed E-state index contributed by atoms with van der Waals surface area (Å²) >= 11 is 0. The van der Waals surface area contributed by atoms with Gasteiger partial charge < -0.3 is 9.80 Å². The number of nitrogens with zero attached hydrogens (tertiary/aromatic N) is 2. The maximum atomic E-state index is 13.3. The van der Waals surface area contributed by atoms with Crippen LogP contribution in [0, 0.1) is 11.8 Å². The molecule has 4 rings (SSSR count). The molecule has 0 unspecified atom stereocenters. The summed E-state index contributed by atoms with van der Waals surface area (Å²) in [6.45, 7) is 8.01. The summed E-state index contributed by atoms with van der Waals surface area (Å²) in [6.07, 6.45) is 8.46. The predicted molar refractivity (Wildman–Crippen MR) is 106 cm³/mol. The summed E-state index contributed by atoms with van der Waals surface area (Å²) in [5.74, 6) is 2.06. The average Bonchev–Trinajstić information content (AvgIpc) is 2.69. The van der Waals surface area contributed by atoms with Crippen LogP contribution < -0.4 is 0 Å². The van der Waals surface area contributed by atoms with E-state index in [-0.39, 0.29) is 5.92 Å². The van der Waals surface area contributed by atoms with Crippen LogP contribution in [0.25, 0.3) is 0 Å². The van der Waals surface area contributed by atoms with E-state index >= 15 is 0 Å². The Morgan fingerprint density at radius 3 is 2.69 bits per heavy atom. The van der Waals surface area contributed by atoms with Gasteiger partial charge in [0.25, 0.3) is 0 Å². The van der Waals surface area contributed by atoms with Crippen molar-refractivity contribution in [2.75, 3.05) is 32.7 Å². The number of hydrogen-bond acceptors (Lipinski definition) is 2. The van der Waals surface area contributed by atoms with Crippen LogP contribution >= 0.6 is 0 Å². The second-order valence-electron chi connectivity index (χ2n) is 8.92. The van der Waals surface area contributed by atoms with Crippen LogP contribution in [-0.2, 0) is 11.2 Å². The van der Waals surface area contributed by atoms with Crippen molar-refractivity contribution in [3.05, 3.63) is 35.4 Å². The molecule has 2 heterocycles. The zero-order chi connectivity index (χ0) is 17.9. The van der Waals surface area contributed by atoms with Gasteiger partial charge in [-0.15, -0.1) is 0 Å². The molecule has 2 saturated heterocycles. The number of likely N-dealkylation sites (tertiary alicyclic amines) is 2. The van der Waals surface area contributed by atoms with E-state index in [0.717, 1.165) is 38.3 Å². The van der Waals surface area contributed by atoms with Gasteiger partial charge in [0.1, 0.15) is 0 Å². The van der Waals surface area contributed by atoms with Gasteiger partial charge in [-0.05, 0) is 81.0 Å². The first-order valence-corrected chi connectivity index (χ1v) is 10.8. The van der Waals surface area contributed by atoms with Gasteiger partial charge in [0, 0.05) is 19.6 Å². The molecule has 0 saturated carbocycles. The first-order valence-electron chi connectivity index (χ1n) is 10.8. The van der Waals surface area contributed by atoms with Gasteiger partial charge in [-0.2, -0.15) is 0 Å².